The summed E-state index contributed by atoms with van der Waals surface area (Å²) in [6.45, 7) is 4.57. The third-order valence-electron chi connectivity index (χ3n) is 2.73. The largest absolute Gasteiger partial charge is 0.384 e. The molecule has 1 unspecified atom stereocenters. The minimum absolute atomic E-state index is 0.0392. The van der Waals surface area contributed by atoms with E-state index < -0.39 is 0 Å². The van der Waals surface area contributed by atoms with E-state index in [4.69, 9.17) is 5.26 Å². The summed E-state index contributed by atoms with van der Waals surface area (Å²) in [5.41, 5.74) is 1.42. The van der Waals surface area contributed by atoms with E-state index in [1.54, 1.807) is 12.1 Å². The SMILES string of the molecule is CCC(C)NC(=O)CCNc1cc(Br)cc(C#N)c1. The zero-order chi connectivity index (χ0) is 14.3. The molecule has 1 rings (SSSR count). The highest BCUT2D eigenvalue weighted by Crippen LogP contribution is 2.19. The van der Waals surface area contributed by atoms with Gasteiger partial charge in [-0.1, -0.05) is 22.9 Å². The molecule has 0 aromatic heterocycles. The normalized spacial score (nSPS) is 11.5. The number of carbonyl (C=O) groups excluding carboxylic acids is 1. The van der Waals surface area contributed by atoms with Crippen LogP contribution in [0.15, 0.2) is 22.7 Å². The highest BCUT2D eigenvalue weighted by molar-refractivity contribution is 9.10. The van der Waals surface area contributed by atoms with E-state index in [9.17, 15) is 4.79 Å². The Labute approximate surface area is 122 Å². The predicted octanol–water partition coefficient (Wildman–Crippen LogP) is 3.04. The van der Waals surface area contributed by atoms with Gasteiger partial charge in [-0.05, 0) is 31.5 Å². The first-order valence-electron chi connectivity index (χ1n) is 6.29. The molecule has 1 amide bonds. The van der Waals surface area contributed by atoms with Crippen molar-refractivity contribution in [3.05, 3.63) is 28.2 Å². The number of nitriles is 1. The van der Waals surface area contributed by atoms with Gasteiger partial charge < -0.3 is 10.6 Å². The number of benzene rings is 1. The fraction of sp³-hybridized carbons (Fsp3) is 0.429. The summed E-state index contributed by atoms with van der Waals surface area (Å²) in [6, 6.07) is 7.70. The first kappa shape index (κ1) is 15.5. The number of halogens is 1. The van der Waals surface area contributed by atoms with Crippen LogP contribution in [0.4, 0.5) is 5.69 Å². The number of nitrogens with zero attached hydrogens (tertiary/aromatic N) is 1. The van der Waals surface area contributed by atoms with Crippen LogP contribution in [-0.4, -0.2) is 18.5 Å². The van der Waals surface area contributed by atoms with Gasteiger partial charge in [-0.3, -0.25) is 4.79 Å². The molecule has 0 heterocycles. The van der Waals surface area contributed by atoms with Crippen molar-refractivity contribution in [1.82, 2.24) is 5.32 Å². The number of hydrogen-bond acceptors (Lipinski definition) is 3. The van der Waals surface area contributed by atoms with Crippen LogP contribution in [0, 0.1) is 11.3 Å². The maximum Gasteiger partial charge on any atom is 0.221 e. The van der Waals surface area contributed by atoms with Crippen LogP contribution in [0.2, 0.25) is 0 Å². The quantitative estimate of drug-likeness (QED) is 0.845. The van der Waals surface area contributed by atoms with E-state index in [2.05, 4.69) is 32.6 Å². The van der Waals surface area contributed by atoms with Crippen molar-refractivity contribution in [3.8, 4) is 6.07 Å². The lowest BCUT2D eigenvalue weighted by Gasteiger charge is -2.12. The Bertz CT molecular complexity index is 482. The Balaban J connectivity index is 2.43. The first-order chi connectivity index (χ1) is 9.05. The maximum atomic E-state index is 11.6. The van der Waals surface area contributed by atoms with Crippen molar-refractivity contribution in [1.29, 1.82) is 5.26 Å². The fourth-order valence-electron chi connectivity index (χ4n) is 1.53. The molecule has 0 saturated carbocycles. The fourth-order valence-corrected chi connectivity index (χ4v) is 2.02. The molecular formula is C14H18BrN3O. The Morgan fingerprint density at radius 1 is 1.47 bits per heavy atom. The molecule has 102 valence electrons. The van der Waals surface area contributed by atoms with Gasteiger partial charge in [0.05, 0.1) is 11.6 Å². The molecule has 1 atom stereocenters. The maximum absolute atomic E-state index is 11.6. The van der Waals surface area contributed by atoms with Crippen LogP contribution in [0.25, 0.3) is 0 Å². The lowest BCUT2D eigenvalue weighted by atomic mass is 10.2. The molecule has 0 fully saturated rings. The van der Waals surface area contributed by atoms with Gasteiger partial charge in [0.25, 0.3) is 0 Å². The molecule has 1 aromatic carbocycles. The average molecular weight is 324 g/mol. The van der Waals surface area contributed by atoms with Gasteiger partial charge in [-0.25, -0.2) is 0 Å². The monoisotopic (exact) mass is 323 g/mol. The lowest BCUT2D eigenvalue weighted by molar-refractivity contribution is -0.121. The lowest BCUT2D eigenvalue weighted by Crippen LogP contribution is -2.32. The molecule has 4 nitrogen and oxygen atoms in total. The van der Waals surface area contributed by atoms with Crippen LogP contribution in [0.3, 0.4) is 0 Å². The first-order valence-corrected chi connectivity index (χ1v) is 7.08. The molecule has 0 saturated heterocycles. The van der Waals surface area contributed by atoms with Crippen LogP contribution >= 0.6 is 15.9 Å². The highest BCUT2D eigenvalue weighted by atomic mass is 79.9. The second-order valence-corrected chi connectivity index (χ2v) is 5.31. The van der Waals surface area contributed by atoms with E-state index in [1.807, 2.05) is 19.9 Å². The third-order valence-corrected chi connectivity index (χ3v) is 3.19. The number of rotatable bonds is 6. The van der Waals surface area contributed by atoms with Gasteiger partial charge in [0.1, 0.15) is 0 Å². The summed E-state index contributed by atoms with van der Waals surface area (Å²) >= 11 is 3.35. The number of hydrogen-bond donors (Lipinski definition) is 2. The zero-order valence-electron chi connectivity index (χ0n) is 11.2. The number of nitrogens with one attached hydrogen (secondary N) is 2. The molecule has 0 aliphatic rings. The molecule has 0 radical (unpaired) electrons. The van der Waals surface area contributed by atoms with Gasteiger partial charge in [-0.2, -0.15) is 5.26 Å². The van der Waals surface area contributed by atoms with Crippen molar-refractivity contribution < 1.29 is 4.79 Å². The van der Waals surface area contributed by atoms with E-state index in [1.165, 1.54) is 0 Å². The standard InChI is InChI=1S/C14H18BrN3O/c1-3-10(2)18-14(19)4-5-17-13-7-11(9-16)6-12(15)8-13/h6-8,10,17H,3-5H2,1-2H3,(H,18,19). The third kappa shape index (κ3) is 5.75. The topological polar surface area (TPSA) is 64.9 Å². The van der Waals surface area contributed by atoms with Gasteiger partial charge in [0.15, 0.2) is 0 Å². The molecule has 5 heteroatoms. The van der Waals surface area contributed by atoms with Crippen LogP contribution in [0.5, 0.6) is 0 Å². The van der Waals surface area contributed by atoms with Gasteiger partial charge >= 0.3 is 0 Å². The average Bonchev–Trinajstić information content (AvgIpc) is 2.37. The summed E-state index contributed by atoms with van der Waals surface area (Å²) in [7, 11) is 0. The van der Waals surface area contributed by atoms with Crippen LogP contribution < -0.4 is 10.6 Å². The Morgan fingerprint density at radius 3 is 2.84 bits per heavy atom. The number of carbonyl (C=O) groups is 1. The predicted molar refractivity (Wildman–Crippen MR) is 79.9 cm³/mol. The van der Waals surface area contributed by atoms with Crippen molar-refractivity contribution in [2.24, 2.45) is 0 Å². The van der Waals surface area contributed by atoms with Gasteiger partial charge in [-0.15, -0.1) is 0 Å². The van der Waals surface area contributed by atoms with Gasteiger partial charge in [0.2, 0.25) is 5.91 Å². The summed E-state index contributed by atoms with van der Waals surface area (Å²) in [6.07, 6.45) is 1.34. The molecular weight excluding hydrogens is 306 g/mol. The summed E-state index contributed by atoms with van der Waals surface area (Å²) in [5.74, 6) is 0.0392. The molecule has 1 aromatic rings. The van der Waals surface area contributed by atoms with Crippen LogP contribution in [-0.2, 0) is 4.79 Å². The summed E-state index contributed by atoms with van der Waals surface area (Å²) in [5, 5.41) is 14.9. The van der Waals surface area contributed by atoms with Crippen molar-refractivity contribution in [2.45, 2.75) is 32.7 Å². The number of amides is 1. The smallest absolute Gasteiger partial charge is 0.221 e. The minimum Gasteiger partial charge on any atom is -0.384 e. The van der Waals surface area contributed by atoms with Crippen molar-refractivity contribution in [2.75, 3.05) is 11.9 Å². The highest BCUT2D eigenvalue weighted by Gasteiger charge is 2.05. The Morgan fingerprint density at radius 2 is 2.21 bits per heavy atom. The number of anilines is 1. The van der Waals surface area contributed by atoms with E-state index in [0.717, 1.165) is 16.6 Å². The molecule has 0 aliphatic carbocycles. The van der Waals surface area contributed by atoms with Crippen molar-refractivity contribution in [3.63, 3.8) is 0 Å². The molecule has 0 bridgehead atoms. The van der Waals surface area contributed by atoms with Gasteiger partial charge in [0, 0.05) is 29.2 Å². The van der Waals surface area contributed by atoms with Crippen LogP contribution in [0.1, 0.15) is 32.3 Å². The summed E-state index contributed by atoms with van der Waals surface area (Å²) < 4.78 is 0.845. The molecule has 0 aliphatic heterocycles. The van der Waals surface area contributed by atoms with E-state index in [0.29, 0.717) is 18.5 Å². The zero-order valence-corrected chi connectivity index (χ0v) is 12.8. The van der Waals surface area contributed by atoms with E-state index in [-0.39, 0.29) is 11.9 Å². The molecule has 19 heavy (non-hydrogen) atoms. The second kappa shape index (κ2) is 7.80. The van der Waals surface area contributed by atoms with Crippen molar-refractivity contribution >= 4 is 27.5 Å². The molecule has 0 spiro atoms. The summed E-state index contributed by atoms with van der Waals surface area (Å²) in [4.78, 5) is 11.6. The Kier molecular flexibility index (Phi) is 6.37. The minimum atomic E-state index is 0.0392. The Hall–Kier alpha value is -1.54. The van der Waals surface area contributed by atoms with E-state index >= 15 is 0 Å². The molecule has 2 N–H and O–H groups in total. The second-order valence-electron chi connectivity index (χ2n) is 4.39.